The smallest absolute Gasteiger partial charge is 0.249 e. The Bertz CT molecular complexity index is 1050. The summed E-state index contributed by atoms with van der Waals surface area (Å²) < 4.78 is 1.67. The van der Waals surface area contributed by atoms with Crippen molar-refractivity contribution in [3.05, 3.63) is 47.2 Å². The fourth-order valence-corrected chi connectivity index (χ4v) is 3.33. The first kappa shape index (κ1) is 16.4. The van der Waals surface area contributed by atoms with Gasteiger partial charge in [-0.15, -0.1) is 0 Å². The lowest BCUT2D eigenvalue weighted by atomic mass is 10.1. The Labute approximate surface area is 154 Å². The molecule has 1 atom stereocenters. The van der Waals surface area contributed by atoms with Crippen LogP contribution in [0.15, 0.2) is 36.7 Å². The van der Waals surface area contributed by atoms with Crippen LogP contribution in [-0.4, -0.2) is 33.3 Å². The molecule has 7 nitrogen and oxygen atoms in total. The molecule has 1 aromatic carbocycles. The number of nitrogens with one attached hydrogen (secondary N) is 1. The fourth-order valence-electron chi connectivity index (χ4n) is 3.16. The number of hydrogen-bond donors (Lipinski definition) is 1. The second-order valence-electron chi connectivity index (χ2n) is 6.18. The van der Waals surface area contributed by atoms with Crippen LogP contribution in [0.3, 0.4) is 0 Å². The van der Waals surface area contributed by atoms with Crippen LogP contribution in [0.25, 0.3) is 10.9 Å². The molecule has 1 saturated heterocycles. The summed E-state index contributed by atoms with van der Waals surface area (Å²) in [7, 11) is 1.81. The van der Waals surface area contributed by atoms with Gasteiger partial charge in [0.25, 0.3) is 0 Å². The Balaban J connectivity index is 1.61. The van der Waals surface area contributed by atoms with E-state index in [-0.39, 0.29) is 11.9 Å². The molecule has 1 aliphatic rings. The second kappa shape index (κ2) is 6.32. The average Bonchev–Trinajstić information content (AvgIpc) is 3.20. The molecule has 8 heteroatoms. The maximum atomic E-state index is 12.7. The number of nitriles is 1. The lowest BCUT2D eigenvalue weighted by Gasteiger charge is -2.16. The molecule has 2 aromatic heterocycles. The van der Waals surface area contributed by atoms with Crippen molar-refractivity contribution in [1.29, 1.82) is 5.26 Å². The van der Waals surface area contributed by atoms with Gasteiger partial charge in [-0.25, -0.2) is 4.98 Å². The molecule has 3 aromatic rings. The van der Waals surface area contributed by atoms with E-state index in [0.29, 0.717) is 40.3 Å². The summed E-state index contributed by atoms with van der Waals surface area (Å²) in [6.45, 7) is 0.608. The molecule has 0 saturated carbocycles. The number of pyridine rings is 1. The molecule has 0 radical (unpaired) electrons. The lowest BCUT2D eigenvalue weighted by Crippen LogP contribution is -2.33. The van der Waals surface area contributed by atoms with E-state index in [0.717, 1.165) is 5.69 Å². The Morgan fingerprint density at radius 1 is 1.38 bits per heavy atom. The monoisotopic (exact) mass is 366 g/mol. The number of nitrogens with zero attached hydrogens (tertiary/aromatic N) is 5. The van der Waals surface area contributed by atoms with Crippen molar-refractivity contribution in [1.82, 2.24) is 14.8 Å². The molecule has 0 spiro atoms. The van der Waals surface area contributed by atoms with Gasteiger partial charge in [-0.2, -0.15) is 10.4 Å². The van der Waals surface area contributed by atoms with Gasteiger partial charge in [-0.05, 0) is 30.7 Å². The standard InChI is InChI=1S/C18H15ClN6O/c1-24-10-13(9-21-24)25-5-4-16(18(25)26)23-17-6-11(8-20)14-7-12(19)2-3-15(14)22-17/h2-3,6-7,9-10,16H,4-5H2,1H3,(H,22,23). The predicted molar refractivity (Wildman–Crippen MR) is 99.1 cm³/mol. The summed E-state index contributed by atoms with van der Waals surface area (Å²) in [4.78, 5) is 18.9. The number of halogens is 1. The van der Waals surface area contributed by atoms with Gasteiger partial charge >= 0.3 is 0 Å². The van der Waals surface area contributed by atoms with E-state index >= 15 is 0 Å². The van der Waals surface area contributed by atoms with Crippen molar-refractivity contribution in [2.24, 2.45) is 7.05 Å². The number of anilines is 2. The molecular weight excluding hydrogens is 352 g/mol. The Morgan fingerprint density at radius 3 is 2.96 bits per heavy atom. The molecule has 1 N–H and O–H groups in total. The third-order valence-corrected chi connectivity index (χ3v) is 4.66. The van der Waals surface area contributed by atoms with E-state index in [1.807, 2.05) is 13.2 Å². The van der Waals surface area contributed by atoms with Crippen LogP contribution in [0.4, 0.5) is 11.5 Å². The summed E-state index contributed by atoms with van der Waals surface area (Å²) in [5.74, 6) is 0.470. The first-order valence-corrected chi connectivity index (χ1v) is 8.50. The highest BCUT2D eigenvalue weighted by Gasteiger charge is 2.33. The molecule has 4 rings (SSSR count). The number of amides is 1. The van der Waals surface area contributed by atoms with Crippen molar-refractivity contribution in [3.63, 3.8) is 0 Å². The molecule has 1 unspecified atom stereocenters. The topological polar surface area (TPSA) is 86.8 Å². The highest BCUT2D eigenvalue weighted by Crippen LogP contribution is 2.26. The van der Waals surface area contributed by atoms with Crippen LogP contribution in [0.5, 0.6) is 0 Å². The van der Waals surface area contributed by atoms with E-state index in [9.17, 15) is 10.1 Å². The Hall–Kier alpha value is -3.11. The van der Waals surface area contributed by atoms with Crippen LogP contribution in [0.1, 0.15) is 12.0 Å². The number of benzene rings is 1. The molecule has 26 heavy (non-hydrogen) atoms. The summed E-state index contributed by atoms with van der Waals surface area (Å²) in [5.41, 5.74) is 1.90. The van der Waals surface area contributed by atoms with Gasteiger partial charge in [-0.3, -0.25) is 9.48 Å². The Morgan fingerprint density at radius 2 is 2.23 bits per heavy atom. The van der Waals surface area contributed by atoms with Gasteiger partial charge in [0, 0.05) is 30.2 Å². The van der Waals surface area contributed by atoms with Gasteiger partial charge in [-0.1, -0.05) is 11.6 Å². The van der Waals surface area contributed by atoms with Gasteiger partial charge in [0.15, 0.2) is 0 Å². The first-order chi connectivity index (χ1) is 12.5. The summed E-state index contributed by atoms with van der Waals surface area (Å²) in [6, 6.07) is 8.64. The maximum Gasteiger partial charge on any atom is 0.249 e. The third-order valence-electron chi connectivity index (χ3n) is 4.42. The number of carbonyl (C=O) groups excluding carboxylic acids is 1. The predicted octanol–water partition coefficient (Wildman–Crippen LogP) is 2.71. The zero-order valence-electron chi connectivity index (χ0n) is 14.0. The van der Waals surface area contributed by atoms with Gasteiger partial charge in [0.05, 0.1) is 29.0 Å². The van der Waals surface area contributed by atoms with Gasteiger partial charge in [0.1, 0.15) is 11.9 Å². The van der Waals surface area contributed by atoms with Crippen LogP contribution < -0.4 is 10.2 Å². The average molecular weight is 367 g/mol. The van der Waals surface area contributed by atoms with E-state index < -0.39 is 0 Å². The van der Waals surface area contributed by atoms with Crippen LogP contribution in [0.2, 0.25) is 5.02 Å². The number of aromatic nitrogens is 3. The summed E-state index contributed by atoms with van der Waals surface area (Å²) in [6.07, 6.45) is 4.13. The number of hydrogen-bond acceptors (Lipinski definition) is 5. The number of rotatable bonds is 3. The first-order valence-electron chi connectivity index (χ1n) is 8.12. The minimum absolute atomic E-state index is 0.0329. The van der Waals surface area contributed by atoms with Gasteiger partial charge in [0.2, 0.25) is 5.91 Å². The maximum absolute atomic E-state index is 12.7. The molecule has 130 valence electrons. The zero-order chi connectivity index (χ0) is 18.3. The molecular formula is C18H15ClN6O. The Kier molecular flexibility index (Phi) is 3.98. The van der Waals surface area contributed by atoms with Crippen molar-refractivity contribution in [2.75, 3.05) is 16.8 Å². The van der Waals surface area contributed by atoms with Crippen molar-refractivity contribution >= 4 is 39.9 Å². The zero-order valence-corrected chi connectivity index (χ0v) is 14.7. The molecule has 1 amide bonds. The summed E-state index contributed by atoms with van der Waals surface area (Å²) in [5, 5.41) is 17.9. The van der Waals surface area contributed by atoms with E-state index in [2.05, 4.69) is 21.5 Å². The third kappa shape index (κ3) is 2.85. The number of fused-ring (bicyclic) bond motifs is 1. The molecule has 0 bridgehead atoms. The van der Waals surface area contributed by atoms with E-state index in [1.165, 1.54) is 0 Å². The summed E-state index contributed by atoms with van der Waals surface area (Å²) >= 11 is 6.01. The largest absolute Gasteiger partial charge is 0.358 e. The highest BCUT2D eigenvalue weighted by molar-refractivity contribution is 6.31. The van der Waals surface area contributed by atoms with Crippen LogP contribution >= 0.6 is 11.6 Å². The fraction of sp³-hybridized carbons (Fsp3) is 0.222. The van der Waals surface area contributed by atoms with Gasteiger partial charge < -0.3 is 10.2 Å². The highest BCUT2D eigenvalue weighted by atomic mass is 35.5. The molecule has 0 aliphatic carbocycles. The minimum Gasteiger partial charge on any atom is -0.358 e. The van der Waals surface area contributed by atoms with Crippen molar-refractivity contribution in [2.45, 2.75) is 12.5 Å². The quantitative estimate of drug-likeness (QED) is 0.770. The van der Waals surface area contributed by atoms with Crippen molar-refractivity contribution < 1.29 is 4.79 Å². The molecule has 3 heterocycles. The molecule has 1 fully saturated rings. The SMILES string of the molecule is Cn1cc(N2CCC(Nc3cc(C#N)c4cc(Cl)ccc4n3)C2=O)cn1. The van der Waals surface area contributed by atoms with Crippen LogP contribution in [-0.2, 0) is 11.8 Å². The second-order valence-corrected chi connectivity index (χ2v) is 6.61. The lowest BCUT2D eigenvalue weighted by molar-refractivity contribution is -0.117. The molecule has 1 aliphatic heterocycles. The van der Waals surface area contributed by atoms with E-state index in [4.69, 9.17) is 11.6 Å². The van der Waals surface area contributed by atoms with E-state index in [1.54, 1.807) is 40.0 Å². The number of carbonyl (C=O) groups is 1. The van der Waals surface area contributed by atoms with Crippen molar-refractivity contribution in [3.8, 4) is 6.07 Å². The normalized spacial score (nSPS) is 16.9. The number of aryl methyl sites for hydroxylation is 1. The minimum atomic E-state index is -0.390. The van der Waals surface area contributed by atoms with Crippen LogP contribution in [0, 0.1) is 11.3 Å².